The van der Waals surface area contributed by atoms with Gasteiger partial charge in [-0.25, -0.2) is 0 Å². The summed E-state index contributed by atoms with van der Waals surface area (Å²) in [7, 11) is 0. The molecule has 0 aromatic carbocycles. The summed E-state index contributed by atoms with van der Waals surface area (Å²) in [6, 6.07) is 0.490. The van der Waals surface area contributed by atoms with Gasteiger partial charge in [0.2, 0.25) is 0 Å². The highest BCUT2D eigenvalue weighted by Crippen LogP contribution is 2.39. The maximum absolute atomic E-state index is 5.73. The van der Waals surface area contributed by atoms with Crippen molar-refractivity contribution in [3.8, 4) is 5.75 Å². The lowest BCUT2D eigenvalue weighted by molar-refractivity contribution is 0.344. The number of ether oxygens (including phenoxy) is 1. The van der Waals surface area contributed by atoms with Gasteiger partial charge in [0.1, 0.15) is 0 Å². The number of hydrogen-bond acceptors (Lipinski definition) is 5. The third-order valence-corrected chi connectivity index (χ3v) is 3.42. The Morgan fingerprint density at radius 3 is 3.00 bits per heavy atom. The monoisotopic (exact) mass is 227 g/mol. The highest BCUT2D eigenvalue weighted by molar-refractivity contribution is 7.11. The van der Waals surface area contributed by atoms with Gasteiger partial charge in [-0.1, -0.05) is 0 Å². The Morgan fingerprint density at radius 1 is 1.67 bits per heavy atom. The van der Waals surface area contributed by atoms with E-state index in [1.54, 1.807) is 0 Å². The molecule has 3 N–H and O–H groups in total. The summed E-state index contributed by atoms with van der Waals surface area (Å²) in [6.07, 6.45) is 2.65. The third kappa shape index (κ3) is 2.34. The molecule has 84 valence electrons. The molecule has 0 aliphatic heterocycles. The fourth-order valence-corrected chi connectivity index (χ4v) is 2.35. The van der Waals surface area contributed by atoms with Gasteiger partial charge in [-0.3, -0.25) is 0 Å². The average Bonchev–Trinajstić information content (AvgIpc) is 3.00. The van der Waals surface area contributed by atoms with E-state index >= 15 is 0 Å². The predicted molar refractivity (Wildman–Crippen MR) is 63.5 cm³/mol. The van der Waals surface area contributed by atoms with E-state index in [9.17, 15) is 0 Å². The summed E-state index contributed by atoms with van der Waals surface area (Å²) in [4.78, 5) is 0. The lowest BCUT2D eigenvalue weighted by Gasteiger charge is -2.13. The number of nitrogens with zero attached hydrogens (tertiary/aromatic N) is 1. The molecule has 0 bridgehead atoms. The van der Waals surface area contributed by atoms with E-state index in [0.717, 1.165) is 16.7 Å². The van der Waals surface area contributed by atoms with Crippen LogP contribution in [0.15, 0.2) is 0 Å². The molecule has 1 fully saturated rings. The molecule has 15 heavy (non-hydrogen) atoms. The fraction of sp³-hybridized carbons (Fsp3) is 0.700. The van der Waals surface area contributed by atoms with E-state index in [0.29, 0.717) is 18.5 Å². The molecule has 1 heterocycles. The van der Waals surface area contributed by atoms with E-state index in [1.165, 1.54) is 24.4 Å². The number of hydrogen-bond donors (Lipinski definition) is 2. The summed E-state index contributed by atoms with van der Waals surface area (Å²) < 4.78 is 9.57. The van der Waals surface area contributed by atoms with Gasteiger partial charge in [0.05, 0.1) is 6.61 Å². The maximum Gasteiger partial charge on any atom is 0.197 e. The number of anilines is 2. The van der Waals surface area contributed by atoms with E-state index in [1.807, 2.05) is 6.92 Å². The Bertz CT molecular complexity index is 335. The van der Waals surface area contributed by atoms with Crippen LogP contribution in [0.1, 0.15) is 26.7 Å². The van der Waals surface area contributed by atoms with Gasteiger partial charge in [0, 0.05) is 6.04 Å². The number of nitrogens with one attached hydrogen (secondary N) is 1. The van der Waals surface area contributed by atoms with Gasteiger partial charge < -0.3 is 15.8 Å². The molecule has 0 radical (unpaired) electrons. The SMILES string of the molecule is CCOc1c(N)nsc1NC(C)C1CC1. The van der Waals surface area contributed by atoms with Crippen molar-refractivity contribution in [2.45, 2.75) is 32.7 Å². The molecular formula is C10H17N3OS. The first-order valence-corrected chi connectivity index (χ1v) is 6.14. The number of nitrogen functional groups attached to an aromatic ring is 1. The van der Waals surface area contributed by atoms with Crippen molar-refractivity contribution in [2.24, 2.45) is 5.92 Å². The topological polar surface area (TPSA) is 60.2 Å². The molecule has 1 saturated carbocycles. The van der Waals surface area contributed by atoms with Crippen LogP contribution in [0.25, 0.3) is 0 Å². The zero-order valence-corrected chi connectivity index (χ0v) is 9.93. The highest BCUT2D eigenvalue weighted by Gasteiger charge is 2.29. The smallest absolute Gasteiger partial charge is 0.197 e. The Labute approximate surface area is 94.0 Å². The Kier molecular flexibility index (Phi) is 3.00. The molecule has 0 spiro atoms. The van der Waals surface area contributed by atoms with Crippen LogP contribution in [0.2, 0.25) is 0 Å². The van der Waals surface area contributed by atoms with Crippen molar-refractivity contribution in [3.05, 3.63) is 0 Å². The van der Waals surface area contributed by atoms with Crippen LogP contribution in [-0.4, -0.2) is 17.0 Å². The van der Waals surface area contributed by atoms with Crippen LogP contribution in [-0.2, 0) is 0 Å². The van der Waals surface area contributed by atoms with Gasteiger partial charge in [0.15, 0.2) is 16.6 Å². The van der Waals surface area contributed by atoms with Gasteiger partial charge in [-0.15, -0.1) is 0 Å². The molecule has 4 nitrogen and oxygen atoms in total. The van der Waals surface area contributed by atoms with Crippen LogP contribution in [0.3, 0.4) is 0 Å². The maximum atomic E-state index is 5.73. The van der Waals surface area contributed by atoms with Crippen molar-refractivity contribution in [1.82, 2.24) is 4.37 Å². The van der Waals surface area contributed by atoms with Crippen LogP contribution in [0.4, 0.5) is 10.8 Å². The quantitative estimate of drug-likeness (QED) is 0.810. The van der Waals surface area contributed by atoms with E-state index in [-0.39, 0.29) is 0 Å². The Balaban J connectivity index is 2.05. The van der Waals surface area contributed by atoms with Crippen LogP contribution < -0.4 is 15.8 Å². The zero-order chi connectivity index (χ0) is 10.8. The summed E-state index contributed by atoms with van der Waals surface area (Å²) in [5.74, 6) is 2.02. The molecular weight excluding hydrogens is 210 g/mol. The van der Waals surface area contributed by atoms with Crippen LogP contribution in [0.5, 0.6) is 5.75 Å². The molecule has 1 aliphatic carbocycles. The predicted octanol–water partition coefficient (Wildman–Crippen LogP) is 2.33. The zero-order valence-electron chi connectivity index (χ0n) is 9.12. The number of nitrogens with two attached hydrogens (primary N) is 1. The molecule has 1 aromatic rings. The van der Waals surface area contributed by atoms with E-state index in [2.05, 4.69) is 16.6 Å². The Morgan fingerprint density at radius 2 is 2.40 bits per heavy atom. The number of aromatic nitrogens is 1. The van der Waals surface area contributed by atoms with Gasteiger partial charge in [-0.05, 0) is 44.1 Å². The van der Waals surface area contributed by atoms with Gasteiger partial charge in [0.25, 0.3) is 0 Å². The van der Waals surface area contributed by atoms with E-state index in [4.69, 9.17) is 10.5 Å². The van der Waals surface area contributed by atoms with Crippen molar-refractivity contribution < 1.29 is 4.74 Å². The van der Waals surface area contributed by atoms with Crippen molar-refractivity contribution in [1.29, 1.82) is 0 Å². The van der Waals surface area contributed by atoms with Crippen molar-refractivity contribution >= 4 is 22.4 Å². The fourth-order valence-electron chi connectivity index (χ4n) is 1.59. The minimum atomic E-state index is 0.490. The van der Waals surface area contributed by atoms with Gasteiger partial charge >= 0.3 is 0 Å². The molecule has 1 unspecified atom stereocenters. The molecule has 1 aliphatic rings. The molecule has 0 saturated heterocycles. The van der Waals surface area contributed by atoms with E-state index < -0.39 is 0 Å². The third-order valence-electron chi connectivity index (χ3n) is 2.65. The second kappa shape index (κ2) is 4.26. The lowest BCUT2D eigenvalue weighted by atomic mass is 10.2. The average molecular weight is 227 g/mol. The first-order valence-electron chi connectivity index (χ1n) is 5.36. The lowest BCUT2D eigenvalue weighted by Crippen LogP contribution is -2.17. The van der Waals surface area contributed by atoms with Crippen molar-refractivity contribution in [2.75, 3.05) is 17.7 Å². The summed E-state index contributed by atoms with van der Waals surface area (Å²) in [5.41, 5.74) is 5.73. The standard InChI is InChI=1S/C10H17N3OS/c1-3-14-8-9(11)13-15-10(8)12-6(2)7-4-5-7/h6-7,12H,3-5H2,1-2H3,(H2,11,13). The minimum Gasteiger partial charge on any atom is -0.487 e. The number of rotatable bonds is 5. The summed E-state index contributed by atoms with van der Waals surface area (Å²) in [6.45, 7) is 4.77. The van der Waals surface area contributed by atoms with Gasteiger partial charge in [-0.2, -0.15) is 4.37 Å². The first-order chi connectivity index (χ1) is 7.22. The second-order valence-electron chi connectivity index (χ2n) is 3.93. The molecule has 5 heteroatoms. The van der Waals surface area contributed by atoms with Crippen LogP contribution in [0, 0.1) is 5.92 Å². The summed E-state index contributed by atoms with van der Waals surface area (Å²) in [5, 5.41) is 4.40. The Hall–Kier alpha value is -0.970. The summed E-state index contributed by atoms with van der Waals surface area (Å²) >= 11 is 1.38. The first kappa shape index (κ1) is 10.5. The second-order valence-corrected chi connectivity index (χ2v) is 4.70. The molecule has 1 aromatic heterocycles. The normalized spacial score (nSPS) is 17.5. The van der Waals surface area contributed by atoms with Crippen molar-refractivity contribution in [3.63, 3.8) is 0 Å². The van der Waals surface area contributed by atoms with Crippen LogP contribution >= 0.6 is 11.5 Å². The molecule has 2 rings (SSSR count). The largest absolute Gasteiger partial charge is 0.487 e. The minimum absolute atomic E-state index is 0.490. The molecule has 0 amide bonds. The highest BCUT2D eigenvalue weighted by atomic mass is 32.1. The molecule has 1 atom stereocenters.